The van der Waals surface area contributed by atoms with Gasteiger partial charge in [-0.1, -0.05) is 18.2 Å². The van der Waals surface area contributed by atoms with Gasteiger partial charge >= 0.3 is 0 Å². The van der Waals surface area contributed by atoms with Gasteiger partial charge in [-0.15, -0.1) is 0 Å². The normalized spacial score (nSPS) is 13.6. The zero-order chi connectivity index (χ0) is 19.8. The summed E-state index contributed by atoms with van der Waals surface area (Å²) in [4.78, 5) is 4.88. The minimum Gasteiger partial charge on any atom is -0.497 e. The summed E-state index contributed by atoms with van der Waals surface area (Å²) in [6, 6.07) is 9.12. The van der Waals surface area contributed by atoms with Crippen molar-refractivity contribution in [2.45, 2.75) is 31.8 Å². The van der Waals surface area contributed by atoms with Gasteiger partial charge in [-0.2, -0.15) is 4.31 Å². The highest BCUT2D eigenvalue weighted by atomic mass is 32.2. The van der Waals surface area contributed by atoms with Crippen molar-refractivity contribution in [3.05, 3.63) is 52.6 Å². The molecule has 0 saturated carbocycles. The van der Waals surface area contributed by atoms with Crippen molar-refractivity contribution in [2.24, 2.45) is 4.99 Å². The van der Waals surface area contributed by atoms with E-state index in [1.807, 2.05) is 18.2 Å². The number of aliphatic hydroxyl groups is 1. The van der Waals surface area contributed by atoms with Crippen LogP contribution in [0.1, 0.15) is 22.3 Å². The smallest absolute Gasteiger partial charge is 0.243 e. The molecule has 0 atom stereocenters. The molecule has 0 bridgehead atoms. The van der Waals surface area contributed by atoms with E-state index in [9.17, 15) is 13.5 Å². The van der Waals surface area contributed by atoms with Gasteiger partial charge in [-0.25, -0.2) is 8.42 Å². The number of rotatable bonds is 6. The van der Waals surface area contributed by atoms with E-state index in [0.717, 1.165) is 22.5 Å². The molecule has 3 rings (SSSR count). The van der Waals surface area contributed by atoms with E-state index in [2.05, 4.69) is 4.99 Å². The van der Waals surface area contributed by atoms with Crippen molar-refractivity contribution in [3.8, 4) is 5.75 Å². The van der Waals surface area contributed by atoms with Gasteiger partial charge in [0.1, 0.15) is 5.75 Å². The van der Waals surface area contributed by atoms with Crippen LogP contribution in [0.3, 0.4) is 0 Å². The Labute approximate surface area is 160 Å². The minimum absolute atomic E-state index is 0.0850. The molecule has 2 aromatic carbocycles. The average molecular weight is 388 g/mol. The largest absolute Gasteiger partial charge is 0.497 e. The Kier molecular flexibility index (Phi) is 5.37. The van der Waals surface area contributed by atoms with Gasteiger partial charge in [0.05, 0.1) is 30.8 Å². The van der Waals surface area contributed by atoms with E-state index in [4.69, 9.17) is 4.74 Å². The van der Waals surface area contributed by atoms with Crippen LogP contribution in [0.2, 0.25) is 0 Å². The molecule has 0 saturated heterocycles. The molecule has 1 heterocycles. The number of ether oxygens (including phenoxy) is 1. The first-order valence-corrected chi connectivity index (χ1v) is 10.1. The summed E-state index contributed by atoms with van der Waals surface area (Å²) in [6.45, 7) is 3.66. The summed E-state index contributed by atoms with van der Waals surface area (Å²) in [5.41, 5.74) is 4.60. The number of benzene rings is 2. The quantitative estimate of drug-likeness (QED) is 0.825. The predicted molar refractivity (Wildman–Crippen MR) is 105 cm³/mol. The lowest BCUT2D eigenvalue weighted by Gasteiger charge is -2.20. The fraction of sp³-hybridized carbons (Fsp3) is 0.350. The highest BCUT2D eigenvalue weighted by molar-refractivity contribution is 7.89. The van der Waals surface area contributed by atoms with E-state index in [0.29, 0.717) is 28.2 Å². The van der Waals surface area contributed by atoms with Gasteiger partial charge in [0.15, 0.2) is 0 Å². The molecule has 0 amide bonds. The zero-order valence-corrected chi connectivity index (χ0v) is 16.8. The molecule has 0 spiro atoms. The molecule has 0 radical (unpaired) electrons. The Morgan fingerprint density at radius 1 is 1.22 bits per heavy atom. The molecular formula is C20H24N2O4S. The Morgan fingerprint density at radius 2 is 1.89 bits per heavy atom. The third kappa shape index (κ3) is 3.63. The average Bonchev–Trinajstić information content (AvgIpc) is 3.02. The molecule has 1 aliphatic heterocycles. The van der Waals surface area contributed by atoms with Gasteiger partial charge in [0, 0.05) is 24.7 Å². The fourth-order valence-corrected chi connectivity index (χ4v) is 5.06. The third-order valence-electron chi connectivity index (χ3n) is 4.78. The molecule has 6 nitrogen and oxygen atoms in total. The molecule has 1 N–H and O–H groups in total. The van der Waals surface area contributed by atoms with E-state index in [1.54, 1.807) is 40.1 Å². The predicted octanol–water partition coefficient (Wildman–Crippen LogP) is 2.75. The number of fused-ring (bicyclic) bond motifs is 1. The molecule has 0 fully saturated rings. The van der Waals surface area contributed by atoms with Gasteiger partial charge in [0.2, 0.25) is 10.0 Å². The maximum absolute atomic E-state index is 13.1. The van der Waals surface area contributed by atoms with Crippen molar-refractivity contribution in [1.29, 1.82) is 0 Å². The minimum atomic E-state index is -3.67. The molecule has 27 heavy (non-hydrogen) atoms. The number of aryl methyl sites for hydroxylation is 2. The standard InChI is InChI=1S/C20H24N2O4S/c1-13-8-18(26-4)9-14(2)20(13)27(24,25)22(3)11-17-10-15-6-5-7-16(12-23)19(15)21-17/h5-9,23H,10-12H2,1-4H3. The van der Waals surface area contributed by atoms with Crippen molar-refractivity contribution in [3.63, 3.8) is 0 Å². The first-order chi connectivity index (χ1) is 12.8. The first kappa shape index (κ1) is 19.5. The van der Waals surface area contributed by atoms with Crippen LogP contribution >= 0.6 is 0 Å². The van der Waals surface area contributed by atoms with Gasteiger partial charge in [-0.05, 0) is 42.7 Å². The van der Waals surface area contributed by atoms with Crippen LogP contribution in [-0.4, -0.2) is 44.2 Å². The number of para-hydroxylation sites is 1. The summed E-state index contributed by atoms with van der Waals surface area (Å²) < 4.78 is 32.8. The van der Waals surface area contributed by atoms with Crippen LogP contribution in [-0.2, 0) is 23.1 Å². The van der Waals surface area contributed by atoms with Crippen LogP contribution in [0, 0.1) is 13.8 Å². The van der Waals surface area contributed by atoms with Gasteiger partial charge in [-0.3, -0.25) is 4.99 Å². The van der Waals surface area contributed by atoms with E-state index < -0.39 is 10.0 Å². The zero-order valence-electron chi connectivity index (χ0n) is 16.0. The van der Waals surface area contributed by atoms with Crippen molar-refractivity contribution in [1.82, 2.24) is 4.31 Å². The molecule has 2 aromatic rings. The lowest BCUT2D eigenvalue weighted by atomic mass is 10.1. The van der Waals surface area contributed by atoms with Crippen LogP contribution < -0.4 is 4.74 Å². The lowest BCUT2D eigenvalue weighted by Crippen LogP contribution is -2.33. The van der Waals surface area contributed by atoms with Crippen LogP contribution in [0.4, 0.5) is 5.69 Å². The fourth-order valence-electron chi connectivity index (χ4n) is 3.50. The summed E-state index contributed by atoms with van der Waals surface area (Å²) >= 11 is 0. The Hall–Kier alpha value is -2.22. The van der Waals surface area contributed by atoms with Gasteiger partial charge < -0.3 is 9.84 Å². The van der Waals surface area contributed by atoms with Crippen LogP contribution in [0.15, 0.2) is 40.2 Å². The highest BCUT2D eigenvalue weighted by Crippen LogP contribution is 2.32. The summed E-state index contributed by atoms with van der Waals surface area (Å²) in [5.74, 6) is 0.638. The number of sulfonamides is 1. The number of aliphatic hydroxyl groups excluding tert-OH is 1. The molecule has 0 aromatic heterocycles. The Bertz CT molecular complexity index is 990. The van der Waals surface area contributed by atoms with Crippen LogP contribution in [0.25, 0.3) is 0 Å². The second-order valence-electron chi connectivity index (χ2n) is 6.79. The molecule has 144 valence electrons. The summed E-state index contributed by atoms with van der Waals surface area (Å²) in [7, 11) is -0.541. The molecule has 0 aliphatic carbocycles. The van der Waals surface area contributed by atoms with Crippen molar-refractivity contribution in [2.75, 3.05) is 20.7 Å². The van der Waals surface area contributed by atoms with Crippen molar-refractivity contribution >= 4 is 21.4 Å². The number of methoxy groups -OCH3 is 1. The lowest BCUT2D eigenvalue weighted by molar-refractivity contribution is 0.282. The molecule has 0 unspecified atom stereocenters. The second-order valence-corrected chi connectivity index (χ2v) is 8.77. The van der Waals surface area contributed by atoms with E-state index in [-0.39, 0.29) is 13.2 Å². The maximum atomic E-state index is 13.1. The van der Waals surface area contributed by atoms with E-state index >= 15 is 0 Å². The molecular weight excluding hydrogens is 364 g/mol. The third-order valence-corrected chi connectivity index (χ3v) is 6.89. The van der Waals surface area contributed by atoms with Crippen molar-refractivity contribution < 1.29 is 18.3 Å². The summed E-state index contributed by atoms with van der Waals surface area (Å²) in [6.07, 6.45) is 0.587. The monoisotopic (exact) mass is 388 g/mol. The Balaban J connectivity index is 1.88. The van der Waals surface area contributed by atoms with E-state index in [1.165, 1.54) is 4.31 Å². The first-order valence-electron chi connectivity index (χ1n) is 8.67. The SMILES string of the molecule is COc1cc(C)c(S(=O)(=O)N(C)CC2=Nc3c(CO)cccc3C2)c(C)c1. The van der Waals surface area contributed by atoms with Crippen LogP contribution in [0.5, 0.6) is 5.75 Å². The second kappa shape index (κ2) is 7.42. The Morgan fingerprint density at radius 3 is 2.48 bits per heavy atom. The number of hydrogen-bond acceptors (Lipinski definition) is 5. The number of hydrogen-bond donors (Lipinski definition) is 1. The number of aliphatic imine (C=N–C) groups is 1. The van der Waals surface area contributed by atoms with Gasteiger partial charge in [0.25, 0.3) is 0 Å². The summed E-state index contributed by atoms with van der Waals surface area (Å²) in [5, 5.41) is 9.47. The number of nitrogens with zero attached hydrogens (tertiary/aromatic N) is 2. The molecule has 7 heteroatoms. The topological polar surface area (TPSA) is 79.2 Å². The molecule has 1 aliphatic rings. The maximum Gasteiger partial charge on any atom is 0.243 e. The highest BCUT2D eigenvalue weighted by Gasteiger charge is 2.28.